The number of carbonyl (C=O) groups excluding carboxylic acids is 1. The molecular weight excluding hydrogens is 289 g/mol. The molecule has 0 saturated carbocycles. The fourth-order valence-electron chi connectivity index (χ4n) is 1.08. The van der Waals surface area contributed by atoms with E-state index in [1.807, 2.05) is 0 Å². The number of carbonyl (C=O) groups is 1. The van der Waals surface area contributed by atoms with Crippen LogP contribution in [0.1, 0.15) is 15.9 Å². The summed E-state index contributed by atoms with van der Waals surface area (Å²) in [6.07, 6.45) is -3.97. The number of ether oxygens (including phenoxy) is 1. The van der Waals surface area contributed by atoms with Crippen molar-refractivity contribution < 1.29 is 22.7 Å². The second-order valence-electron chi connectivity index (χ2n) is 2.91. The second kappa shape index (κ2) is 5.34. The largest absolute Gasteiger partial charge is 0.492 e. The molecular formula is C10H8BrF3O2. The van der Waals surface area contributed by atoms with Gasteiger partial charge in [0.15, 0.2) is 6.29 Å². The standard InChI is InChI=1S/C10H8BrF3O2/c11-3-4-16-9-5-8(10(12,13)14)2-1-7(9)6-15/h1-2,5-6H,3-4H2. The van der Waals surface area contributed by atoms with Crippen molar-refractivity contribution in [2.75, 3.05) is 11.9 Å². The topological polar surface area (TPSA) is 26.3 Å². The van der Waals surface area contributed by atoms with Crippen molar-refractivity contribution in [3.63, 3.8) is 0 Å². The molecule has 0 fully saturated rings. The van der Waals surface area contributed by atoms with Crippen LogP contribution in [0.25, 0.3) is 0 Å². The lowest BCUT2D eigenvalue weighted by Gasteiger charge is -2.11. The summed E-state index contributed by atoms with van der Waals surface area (Å²) in [5.74, 6) is -0.0516. The molecule has 16 heavy (non-hydrogen) atoms. The first-order valence-corrected chi connectivity index (χ1v) is 5.46. The molecule has 1 aromatic carbocycles. The summed E-state index contributed by atoms with van der Waals surface area (Å²) in [6, 6.07) is 2.77. The van der Waals surface area contributed by atoms with Gasteiger partial charge < -0.3 is 4.74 Å². The van der Waals surface area contributed by atoms with Gasteiger partial charge in [-0.05, 0) is 18.2 Å². The molecule has 0 heterocycles. The third kappa shape index (κ3) is 3.23. The Morgan fingerprint density at radius 1 is 1.38 bits per heavy atom. The van der Waals surface area contributed by atoms with Crippen LogP contribution >= 0.6 is 15.9 Å². The van der Waals surface area contributed by atoms with Gasteiger partial charge in [-0.15, -0.1) is 0 Å². The molecule has 1 rings (SSSR count). The number of hydrogen-bond acceptors (Lipinski definition) is 2. The van der Waals surface area contributed by atoms with Gasteiger partial charge in [0.05, 0.1) is 17.7 Å². The minimum atomic E-state index is -4.44. The van der Waals surface area contributed by atoms with Gasteiger partial charge in [-0.25, -0.2) is 0 Å². The van der Waals surface area contributed by atoms with Gasteiger partial charge in [-0.2, -0.15) is 13.2 Å². The zero-order valence-electron chi connectivity index (χ0n) is 8.05. The van der Waals surface area contributed by atoms with E-state index in [0.717, 1.165) is 18.2 Å². The van der Waals surface area contributed by atoms with Crippen molar-refractivity contribution in [2.45, 2.75) is 6.18 Å². The molecule has 0 atom stereocenters. The van der Waals surface area contributed by atoms with E-state index in [1.165, 1.54) is 0 Å². The Balaban J connectivity index is 3.06. The van der Waals surface area contributed by atoms with E-state index in [1.54, 1.807) is 0 Å². The molecule has 88 valence electrons. The van der Waals surface area contributed by atoms with Crippen LogP contribution in [-0.4, -0.2) is 18.2 Å². The zero-order valence-corrected chi connectivity index (χ0v) is 9.64. The van der Waals surface area contributed by atoms with Gasteiger partial charge >= 0.3 is 6.18 Å². The van der Waals surface area contributed by atoms with Crippen LogP contribution in [0.15, 0.2) is 18.2 Å². The van der Waals surface area contributed by atoms with Crippen LogP contribution in [0.4, 0.5) is 13.2 Å². The van der Waals surface area contributed by atoms with E-state index in [4.69, 9.17) is 4.74 Å². The highest BCUT2D eigenvalue weighted by Gasteiger charge is 2.31. The van der Waals surface area contributed by atoms with E-state index in [9.17, 15) is 18.0 Å². The molecule has 0 amide bonds. The van der Waals surface area contributed by atoms with Gasteiger partial charge in [-0.3, -0.25) is 4.79 Å². The summed E-state index contributed by atoms with van der Waals surface area (Å²) in [5, 5.41) is 0.474. The van der Waals surface area contributed by atoms with Gasteiger partial charge in [0.25, 0.3) is 0 Å². The van der Waals surface area contributed by atoms with Crippen molar-refractivity contribution in [2.24, 2.45) is 0 Å². The van der Waals surface area contributed by atoms with Crippen LogP contribution in [0.5, 0.6) is 5.75 Å². The Labute approximate surface area is 98.5 Å². The second-order valence-corrected chi connectivity index (χ2v) is 3.70. The van der Waals surface area contributed by atoms with Crippen molar-refractivity contribution in [1.29, 1.82) is 0 Å². The predicted molar refractivity (Wildman–Crippen MR) is 56.1 cm³/mol. The molecule has 0 spiro atoms. The molecule has 0 aliphatic carbocycles. The summed E-state index contributed by atoms with van der Waals surface area (Å²) in [7, 11) is 0. The maximum absolute atomic E-state index is 12.4. The average molecular weight is 297 g/mol. The summed E-state index contributed by atoms with van der Waals surface area (Å²) in [4.78, 5) is 10.6. The summed E-state index contributed by atoms with van der Waals surface area (Å²) >= 11 is 3.08. The van der Waals surface area contributed by atoms with Crippen molar-refractivity contribution >= 4 is 22.2 Å². The quantitative estimate of drug-likeness (QED) is 0.629. The molecule has 0 bridgehead atoms. The minimum absolute atomic E-state index is 0.0516. The maximum atomic E-state index is 12.4. The van der Waals surface area contributed by atoms with E-state index >= 15 is 0 Å². The van der Waals surface area contributed by atoms with E-state index < -0.39 is 11.7 Å². The SMILES string of the molecule is O=Cc1ccc(C(F)(F)F)cc1OCCBr. The van der Waals surface area contributed by atoms with E-state index in [0.29, 0.717) is 11.6 Å². The Kier molecular flexibility index (Phi) is 4.35. The van der Waals surface area contributed by atoms with Gasteiger partial charge in [0, 0.05) is 5.33 Å². The molecule has 0 unspecified atom stereocenters. The normalized spacial score (nSPS) is 11.2. The van der Waals surface area contributed by atoms with Crippen LogP contribution in [0.2, 0.25) is 0 Å². The van der Waals surface area contributed by atoms with Crippen molar-refractivity contribution in [3.05, 3.63) is 29.3 Å². The number of aldehydes is 1. The van der Waals surface area contributed by atoms with Crippen LogP contribution in [0, 0.1) is 0 Å². The highest BCUT2D eigenvalue weighted by molar-refractivity contribution is 9.09. The fourth-order valence-corrected chi connectivity index (χ4v) is 1.24. The molecule has 2 nitrogen and oxygen atoms in total. The summed E-state index contributed by atoms with van der Waals surface area (Å²) in [6.45, 7) is 0.197. The Hall–Kier alpha value is -1.04. The lowest BCUT2D eigenvalue weighted by Crippen LogP contribution is -2.07. The molecule has 0 N–H and O–H groups in total. The molecule has 0 aliphatic rings. The van der Waals surface area contributed by atoms with Crippen molar-refractivity contribution in [1.82, 2.24) is 0 Å². The zero-order chi connectivity index (χ0) is 12.2. The smallest absolute Gasteiger partial charge is 0.416 e. The van der Waals surface area contributed by atoms with Gasteiger partial charge in [-0.1, -0.05) is 15.9 Å². The first-order valence-electron chi connectivity index (χ1n) is 4.34. The van der Waals surface area contributed by atoms with Crippen molar-refractivity contribution in [3.8, 4) is 5.75 Å². The molecule has 6 heteroatoms. The monoisotopic (exact) mass is 296 g/mol. The number of halogens is 4. The maximum Gasteiger partial charge on any atom is 0.416 e. The molecule has 0 saturated heterocycles. The number of alkyl halides is 4. The molecule has 1 aromatic rings. The number of hydrogen-bond donors (Lipinski definition) is 0. The molecule has 0 aromatic heterocycles. The number of rotatable bonds is 4. The minimum Gasteiger partial charge on any atom is -0.492 e. The Morgan fingerprint density at radius 2 is 2.06 bits per heavy atom. The van der Waals surface area contributed by atoms with E-state index in [2.05, 4.69) is 15.9 Å². The van der Waals surface area contributed by atoms with Crippen LogP contribution < -0.4 is 4.74 Å². The van der Waals surface area contributed by atoms with E-state index in [-0.39, 0.29) is 17.9 Å². The van der Waals surface area contributed by atoms with Gasteiger partial charge in [0.2, 0.25) is 0 Å². The van der Waals surface area contributed by atoms with Gasteiger partial charge in [0.1, 0.15) is 5.75 Å². The lowest BCUT2D eigenvalue weighted by atomic mass is 10.1. The number of benzene rings is 1. The molecule has 0 radical (unpaired) electrons. The summed E-state index contributed by atoms with van der Waals surface area (Å²) in [5.41, 5.74) is -0.725. The Morgan fingerprint density at radius 3 is 2.56 bits per heavy atom. The highest BCUT2D eigenvalue weighted by Crippen LogP contribution is 2.32. The summed E-state index contributed by atoms with van der Waals surface area (Å²) < 4.78 is 42.2. The average Bonchev–Trinajstić information content (AvgIpc) is 2.24. The van der Waals surface area contributed by atoms with Crippen LogP contribution in [0.3, 0.4) is 0 Å². The molecule has 0 aliphatic heterocycles. The third-order valence-corrected chi connectivity index (χ3v) is 2.13. The Bertz CT molecular complexity index is 377. The first-order chi connectivity index (χ1) is 7.49. The lowest BCUT2D eigenvalue weighted by molar-refractivity contribution is -0.137. The predicted octanol–water partition coefficient (Wildman–Crippen LogP) is 3.29. The highest BCUT2D eigenvalue weighted by atomic mass is 79.9. The third-order valence-electron chi connectivity index (χ3n) is 1.80. The first kappa shape index (κ1) is 13.0. The van der Waals surface area contributed by atoms with Crippen LogP contribution in [-0.2, 0) is 6.18 Å². The fraction of sp³-hybridized carbons (Fsp3) is 0.300.